The summed E-state index contributed by atoms with van der Waals surface area (Å²) in [6.45, 7) is 2.52. The standard InChI is InChI=1S/C20H21F2N3O2/c1-20(23,14-6-3-2-4-7-14)19(27)25-12-10-24(11-13-25)18(26)17-15(21)8-5-9-16(17)22/h2-9H,10-13,23H2,1H3. The van der Waals surface area contributed by atoms with Crippen LogP contribution in [0, 0.1) is 11.6 Å². The highest BCUT2D eigenvalue weighted by molar-refractivity contribution is 5.95. The summed E-state index contributed by atoms with van der Waals surface area (Å²) < 4.78 is 27.7. The predicted molar refractivity (Wildman–Crippen MR) is 96.8 cm³/mol. The van der Waals surface area contributed by atoms with Gasteiger partial charge in [-0.05, 0) is 24.6 Å². The number of carbonyl (C=O) groups excluding carboxylic acids is 2. The van der Waals surface area contributed by atoms with Gasteiger partial charge in [0, 0.05) is 26.2 Å². The summed E-state index contributed by atoms with van der Waals surface area (Å²) in [5, 5.41) is 0. The van der Waals surface area contributed by atoms with E-state index >= 15 is 0 Å². The molecule has 1 unspecified atom stereocenters. The topological polar surface area (TPSA) is 66.6 Å². The molecule has 0 saturated carbocycles. The quantitative estimate of drug-likeness (QED) is 0.896. The van der Waals surface area contributed by atoms with Crippen molar-refractivity contribution in [3.8, 4) is 0 Å². The second-order valence-electron chi connectivity index (χ2n) is 6.75. The van der Waals surface area contributed by atoms with Gasteiger partial charge in [-0.25, -0.2) is 8.78 Å². The van der Waals surface area contributed by atoms with E-state index in [1.807, 2.05) is 18.2 Å². The summed E-state index contributed by atoms with van der Waals surface area (Å²) >= 11 is 0. The molecule has 27 heavy (non-hydrogen) atoms. The van der Waals surface area contributed by atoms with Crippen molar-refractivity contribution in [3.63, 3.8) is 0 Å². The van der Waals surface area contributed by atoms with Crippen molar-refractivity contribution in [2.75, 3.05) is 26.2 Å². The van der Waals surface area contributed by atoms with Gasteiger partial charge in [-0.15, -0.1) is 0 Å². The Morgan fingerprint density at radius 2 is 1.41 bits per heavy atom. The smallest absolute Gasteiger partial charge is 0.259 e. The van der Waals surface area contributed by atoms with E-state index in [4.69, 9.17) is 5.73 Å². The normalized spacial score (nSPS) is 16.7. The van der Waals surface area contributed by atoms with Crippen molar-refractivity contribution < 1.29 is 18.4 Å². The Labute approximate surface area is 156 Å². The van der Waals surface area contributed by atoms with Crippen molar-refractivity contribution in [2.45, 2.75) is 12.5 Å². The van der Waals surface area contributed by atoms with Crippen LogP contribution in [0.25, 0.3) is 0 Å². The van der Waals surface area contributed by atoms with Crippen LogP contribution in [0.4, 0.5) is 8.78 Å². The molecule has 0 aromatic heterocycles. The van der Waals surface area contributed by atoms with Gasteiger partial charge >= 0.3 is 0 Å². The van der Waals surface area contributed by atoms with Gasteiger partial charge in [0.2, 0.25) is 5.91 Å². The van der Waals surface area contributed by atoms with Crippen molar-refractivity contribution in [1.82, 2.24) is 9.80 Å². The summed E-state index contributed by atoms with van der Waals surface area (Å²) in [5.41, 5.74) is 5.21. The van der Waals surface area contributed by atoms with E-state index in [1.165, 1.54) is 11.0 Å². The first-order valence-electron chi connectivity index (χ1n) is 8.69. The number of rotatable bonds is 3. The van der Waals surface area contributed by atoms with Crippen molar-refractivity contribution >= 4 is 11.8 Å². The summed E-state index contributed by atoms with van der Waals surface area (Å²) in [7, 11) is 0. The highest BCUT2D eigenvalue weighted by Gasteiger charge is 2.36. The van der Waals surface area contributed by atoms with Gasteiger partial charge in [0.05, 0.1) is 0 Å². The second kappa shape index (κ2) is 7.44. The van der Waals surface area contributed by atoms with Crippen molar-refractivity contribution in [1.29, 1.82) is 0 Å². The Morgan fingerprint density at radius 3 is 1.96 bits per heavy atom. The molecule has 0 spiro atoms. The fourth-order valence-electron chi connectivity index (χ4n) is 3.21. The molecular formula is C20H21F2N3O2. The number of hydrogen-bond donors (Lipinski definition) is 1. The van der Waals surface area contributed by atoms with E-state index in [1.54, 1.807) is 24.0 Å². The van der Waals surface area contributed by atoms with Crippen LogP contribution in [-0.2, 0) is 10.3 Å². The zero-order chi connectivity index (χ0) is 19.6. The highest BCUT2D eigenvalue weighted by atomic mass is 19.1. The average molecular weight is 373 g/mol. The van der Waals surface area contributed by atoms with Crippen LogP contribution < -0.4 is 5.73 Å². The van der Waals surface area contributed by atoms with Gasteiger partial charge in [-0.2, -0.15) is 0 Å². The van der Waals surface area contributed by atoms with E-state index < -0.39 is 28.6 Å². The van der Waals surface area contributed by atoms with E-state index in [-0.39, 0.29) is 32.1 Å². The number of benzene rings is 2. The van der Waals surface area contributed by atoms with E-state index in [0.717, 1.165) is 12.1 Å². The summed E-state index contributed by atoms with van der Waals surface area (Å²) in [6.07, 6.45) is 0. The third-order valence-corrected chi connectivity index (χ3v) is 4.85. The minimum atomic E-state index is -1.19. The maximum Gasteiger partial charge on any atom is 0.259 e. The highest BCUT2D eigenvalue weighted by Crippen LogP contribution is 2.22. The lowest BCUT2D eigenvalue weighted by Gasteiger charge is -2.38. The fraction of sp³-hybridized carbons (Fsp3) is 0.300. The molecule has 0 radical (unpaired) electrons. The van der Waals surface area contributed by atoms with Crippen molar-refractivity contribution in [2.24, 2.45) is 5.73 Å². The lowest BCUT2D eigenvalue weighted by molar-refractivity contribution is -0.138. The van der Waals surface area contributed by atoms with Crippen LogP contribution in [0.3, 0.4) is 0 Å². The molecule has 1 atom stereocenters. The third-order valence-electron chi connectivity index (χ3n) is 4.85. The molecular weight excluding hydrogens is 352 g/mol. The number of piperazine rings is 1. The minimum absolute atomic E-state index is 0.184. The molecule has 2 N–H and O–H groups in total. The molecule has 5 nitrogen and oxygen atoms in total. The molecule has 1 aliphatic rings. The molecule has 2 aromatic carbocycles. The molecule has 1 aliphatic heterocycles. The van der Waals surface area contributed by atoms with Crippen LogP contribution in [0.2, 0.25) is 0 Å². The van der Waals surface area contributed by atoms with E-state index in [2.05, 4.69) is 0 Å². The number of hydrogen-bond acceptors (Lipinski definition) is 3. The number of halogens is 2. The lowest BCUT2D eigenvalue weighted by atomic mass is 9.91. The minimum Gasteiger partial charge on any atom is -0.337 e. The Balaban J connectivity index is 1.68. The molecule has 142 valence electrons. The molecule has 7 heteroatoms. The summed E-state index contributed by atoms with van der Waals surface area (Å²) in [6, 6.07) is 12.4. The Bertz CT molecular complexity index is 827. The zero-order valence-corrected chi connectivity index (χ0v) is 15.0. The molecule has 2 aromatic rings. The number of carbonyl (C=O) groups is 2. The van der Waals surface area contributed by atoms with Crippen LogP contribution in [0.5, 0.6) is 0 Å². The molecule has 0 aliphatic carbocycles. The van der Waals surface area contributed by atoms with Gasteiger partial charge in [0.1, 0.15) is 22.7 Å². The maximum absolute atomic E-state index is 13.8. The Hall–Kier alpha value is -2.80. The largest absolute Gasteiger partial charge is 0.337 e. The fourth-order valence-corrected chi connectivity index (χ4v) is 3.21. The van der Waals surface area contributed by atoms with Crippen LogP contribution in [0.15, 0.2) is 48.5 Å². The first kappa shape index (κ1) is 19.0. The lowest BCUT2D eigenvalue weighted by Crippen LogP contribution is -2.57. The Morgan fingerprint density at radius 1 is 0.889 bits per heavy atom. The summed E-state index contributed by atoms with van der Waals surface area (Å²) in [5.74, 6) is -2.75. The monoisotopic (exact) mass is 373 g/mol. The van der Waals surface area contributed by atoms with E-state index in [9.17, 15) is 18.4 Å². The Kier molecular flexibility index (Phi) is 5.23. The second-order valence-corrected chi connectivity index (χ2v) is 6.75. The first-order valence-corrected chi connectivity index (χ1v) is 8.69. The number of nitrogens with two attached hydrogens (primary N) is 1. The molecule has 0 bridgehead atoms. The first-order chi connectivity index (χ1) is 12.8. The van der Waals surface area contributed by atoms with Crippen LogP contribution in [0.1, 0.15) is 22.8 Å². The molecule has 2 amide bonds. The van der Waals surface area contributed by atoms with Gasteiger partial charge in [-0.1, -0.05) is 36.4 Å². The van der Waals surface area contributed by atoms with Crippen LogP contribution >= 0.6 is 0 Å². The molecule has 1 heterocycles. The number of nitrogens with zero attached hydrogens (tertiary/aromatic N) is 2. The molecule has 3 rings (SSSR count). The molecule has 1 saturated heterocycles. The zero-order valence-electron chi connectivity index (χ0n) is 15.0. The van der Waals surface area contributed by atoms with Gasteiger partial charge in [-0.3, -0.25) is 9.59 Å². The average Bonchev–Trinajstić information content (AvgIpc) is 2.68. The number of amides is 2. The third kappa shape index (κ3) is 3.68. The van der Waals surface area contributed by atoms with Crippen LogP contribution in [-0.4, -0.2) is 47.8 Å². The van der Waals surface area contributed by atoms with Gasteiger partial charge in [0.15, 0.2) is 0 Å². The molecule has 1 fully saturated rings. The van der Waals surface area contributed by atoms with Crippen molar-refractivity contribution in [3.05, 3.63) is 71.3 Å². The van der Waals surface area contributed by atoms with E-state index in [0.29, 0.717) is 5.56 Å². The SMILES string of the molecule is CC(N)(C(=O)N1CCN(C(=O)c2c(F)cccc2F)CC1)c1ccccc1. The summed E-state index contributed by atoms with van der Waals surface area (Å²) in [4.78, 5) is 28.2. The van der Waals surface area contributed by atoms with Gasteiger partial charge in [0.25, 0.3) is 5.91 Å². The predicted octanol–water partition coefficient (Wildman–Crippen LogP) is 2.12. The maximum atomic E-state index is 13.8. The van der Waals surface area contributed by atoms with Gasteiger partial charge < -0.3 is 15.5 Å².